The average Bonchev–Trinajstić information content (AvgIpc) is 2.96. The number of ether oxygens (including phenoxy) is 1. The van der Waals surface area contributed by atoms with E-state index in [2.05, 4.69) is 15.7 Å². The Balaban J connectivity index is 1.58. The molecule has 6 nitrogen and oxygen atoms in total. The minimum absolute atomic E-state index is 0.0889. The number of carbonyl (C=O) groups excluding carboxylic acids is 1. The van der Waals surface area contributed by atoms with Crippen molar-refractivity contribution in [3.8, 4) is 0 Å². The Kier molecular flexibility index (Phi) is 4.28. The molecule has 1 aromatic heterocycles. The maximum atomic E-state index is 12.0. The van der Waals surface area contributed by atoms with Crippen molar-refractivity contribution in [2.24, 2.45) is 0 Å². The number of morpholine rings is 1. The number of benzene rings is 1. The predicted molar refractivity (Wildman–Crippen MR) is 79.0 cm³/mol. The molecule has 1 atom stereocenters. The first kappa shape index (κ1) is 13.8. The minimum Gasteiger partial charge on any atom is -0.378 e. The Labute approximate surface area is 123 Å². The molecule has 6 heteroatoms. The van der Waals surface area contributed by atoms with E-state index in [-0.39, 0.29) is 11.9 Å². The highest BCUT2D eigenvalue weighted by molar-refractivity contribution is 5.94. The lowest BCUT2D eigenvalue weighted by Crippen LogP contribution is -2.48. The highest BCUT2D eigenvalue weighted by atomic mass is 16.5. The summed E-state index contributed by atoms with van der Waals surface area (Å²) in [6.07, 6.45) is 3.49. The molecule has 0 bridgehead atoms. The monoisotopic (exact) mass is 286 g/mol. The van der Waals surface area contributed by atoms with E-state index in [1.165, 1.54) is 5.56 Å². The first-order valence-electron chi connectivity index (χ1n) is 6.99. The van der Waals surface area contributed by atoms with E-state index in [0.717, 1.165) is 0 Å². The summed E-state index contributed by atoms with van der Waals surface area (Å²) in [6.45, 7) is 2.44. The molecule has 110 valence electrons. The van der Waals surface area contributed by atoms with E-state index in [4.69, 9.17) is 4.74 Å². The van der Waals surface area contributed by atoms with Gasteiger partial charge in [0.2, 0.25) is 5.91 Å². The molecular weight excluding hydrogens is 268 g/mol. The SMILES string of the molecule is O=C(Nc1cnn(Cc2ccccc2)c1)C1COCCN1. The summed E-state index contributed by atoms with van der Waals surface area (Å²) in [5, 5.41) is 10.2. The van der Waals surface area contributed by atoms with Gasteiger partial charge in [-0.25, -0.2) is 0 Å². The molecule has 2 heterocycles. The quantitative estimate of drug-likeness (QED) is 0.874. The lowest BCUT2D eigenvalue weighted by Gasteiger charge is -2.22. The molecule has 1 fully saturated rings. The Bertz CT molecular complexity index is 591. The second kappa shape index (κ2) is 6.51. The van der Waals surface area contributed by atoms with Crippen molar-refractivity contribution in [2.45, 2.75) is 12.6 Å². The first-order valence-corrected chi connectivity index (χ1v) is 6.99. The topological polar surface area (TPSA) is 68.2 Å². The fourth-order valence-electron chi connectivity index (χ4n) is 2.25. The predicted octanol–water partition coefficient (Wildman–Crippen LogP) is 0.858. The van der Waals surface area contributed by atoms with Gasteiger partial charge in [0.15, 0.2) is 0 Å². The number of anilines is 1. The summed E-state index contributed by atoms with van der Waals surface area (Å²) in [4.78, 5) is 12.0. The summed E-state index contributed by atoms with van der Waals surface area (Å²) in [5.74, 6) is -0.0889. The molecule has 0 spiro atoms. The summed E-state index contributed by atoms with van der Waals surface area (Å²) >= 11 is 0. The van der Waals surface area contributed by atoms with E-state index in [0.29, 0.717) is 32.0 Å². The van der Waals surface area contributed by atoms with Gasteiger partial charge in [0.1, 0.15) is 6.04 Å². The van der Waals surface area contributed by atoms with E-state index < -0.39 is 0 Å². The van der Waals surface area contributed by atoms with Crippen molar-refractivity contribution < 1.29 is 9.53 Å². The van der Waals surface area contributed by atoms with Crippen LogP contribution in [0, 0.1) is 0 Å². The van der Waals surface area contributed by atoms with Crippen LogP contribution >= 0.6 is 0 Å². The van der Waals surface area contributed by atoms with Gasteiger partial charge in [-0.1, -0.05) is 30.3 Å². The smallest absolute Gasteiger partial charge is 0.243 e. The third kappa shape index (κ3) is 3.68. The third-order valence-corrected chi connectivity index (χ3v) is 3.33. The van der Waals surface area contributed by atoms with Crippen LogP contribution in [0.5, 0.6) is 0 Å². The number of hydrogen-bond donors (Lipinski definition) is 2. The van der Waals surface area contributed by atoms with Crippen molar-refractivity contribution in [1.29, 1.82) is 0 Å². The zero-order valence-electron chi connectivity index (χ0n) is 11.7. The summed E-state index contributed by atoms with van der Waals surface area (Å²) in [6, 6.07) is 9.77. The molecular formula is C15H18N4O2. The summed E-state index contributed by atoms with van der Waals surface area (Å²) in [7, 11) is 0. The molecule has 1 unspecified atom stereocenters. The van der Waals surface area contributed by atoms with Crippen molar-refractivity contribution in [2.75, 3.05) is 25.1 Å². The number of hydrogen-bond acceptors (Lipinski definition) is 4. The van der Waals surface area contributed by atoms with Gasteiger partial charge in [-0.15, -0.1) is 0 Å². The summed E-state index contributed by atoms with van der Waals surface area (Å²) < 4.78 is 7.08. The number of carbonyl (C=O) groups is 1. The van der Waals surface area contributed by atoms with Crippen LogP contribution in [0.15, 0.2) is 42.7 Å². The van der Waals surface area contributed by atoms with Crippen LogP contribution in [-0.4, -0.2) is 41.5 Å². The average molecular weight is 286 g/mol. The Hall–Kier alpha value is -2.18. The summed E-state index contributed by atoms with van der Waals surface area (Å²) in [5.41, 5.74) is 1.86. The molecule has 1 aliphatic heterocycles. The zero-order chi connectivity index (χ0) is 14.5. The molecule has 2 N–H and O–H groups in total. The fraction of sp³-hybridized carbons (Fsp3) is 0.333. The minimum atomic E-state index is -0.295. The molecule has 3 rings (SSSR count). The van der Waals surface area contributed by atoms with Crippen LogP contribution in [0.1, 0.15) is 5.56 Å². The number of nitrogens with one attached hydrogen (secondary N) is 2. The van der Waals surface area contributed by atoms with Crippen LogP contribution < -0.4 is 10.6 Å². The van der Waals surface area contributed by atoms with Crippen molar-refractivity contribution in [3.63, 3.8) is 0 Å². The van der Waals surface area contributed by atoms with E-state index in [9.17, 15) is 4.79 Å². The largest absolute Gasteiger partial charge is 0.378 e. The van der Waals surface area contributed by atoms with Gasteiger partial charge in [0.25, 0.3) is 0 Å². The lowest BCUT2D eigenvalue weighted by molar-refractivity contribution is -0.120. The number of aromatic nitrogens is 2. The number of amides is 1. The molecule has 0 aliphatic carbocycles. The van der Waals surface area contributed by atoms with Gasteiger partial charge in [-0.2, -0.15) is 5.10 Å². The Morgan fingerprint density at radius 3 is 3.05 bits per heavy atom. The maximum Gasteiger partial charge on any atom is 0.243 e. The fourth-order valence-corrected chi connectivity index (χ4v) is 2.25. The van der Waals surface area contributed by atoms with Gasteiger partial charge >= 0.3 is 0 Å². The Morgan fingerprint density at radius 1 is 1.43 bits per heavy atom. The number of nitrogens with zero attached hydrogens (tertiary/aromatic N) is 2. The number of rotatable bonds is 4. The van der Waals surface area contributed by atoms with Gasteiger partial charge in [0, 0.05) is 12.7 Å². The van der Waals surface area contributed by atoms with Crippen molar-refractivity contribution in [1.82, 2.24) is 15.1 Å². The van der Waals surface area contributed by atoms with Crippen LogP contribution in [0.3, 0.4) is 0 Å². The highest BCUT2D eigenvalue weighted by Crippen LogP contribution is 2.09. The van der Waals surface area contributed by atoms with Gasteiger partial charge in [-0.3, -0.25) is 9.48 Å². The molecule has 1 saturated heterocycles. The molecule has 1 aliphatic rings. The van der Waals surface area contributed by atoms with E-state index in [1.807, 2.05) is 36.5 Å². The molecule has 21 heavy (non-hydrogen) atoms. The third-order valence-electron chi connectivity index (χ3n) is 3.33. The Morgan fingerprint density at radius 2 is 2.29 bits per heavy atom. The highest BCUT2D eigenvalue weighted by Gasteiger charge is 2.21. The molecule has 0 radical (unpaired) electrons. The molecule has 2 aromatic rings. The second-order valence-electron chi connectivity index (χ2n) is 4.98. The first-order chi connectivity index (χ1) is 10.3. The van der Waals surface area contributed by atoms with Crippen LogP contribution in [0.2, 0.25) is 0 Å². The van der Waals surface area contributed by atoms with Crippen LogP contribution in [-0.2, 0) is 16.1 Å². The second-order valence-corrected chi connectivity index (χ2v) is 4.98. The van der Waals surface area contributed by atoms with Crippen LogP contribution in [0.25, 0.3) is 0 Å². The van der Waals surface area contributed by atoms with Gasteiger partial charge in [0.05, 0.1) is 31.6 Å². The van der Waals surface area contributed by atoms with Crippen LogP contribution in [0.4, 0.5) is 5.69 Å². The van der Waals surface area contributed by atoms with Gasteiger partial charge < -0.3 is 15.4 Å². The molecule has 1 amide bonds. The van der Waals surface area contributed by atoms with Crippen molar-refractivity contribution in [3.05, 3.63) is 48.3 Å². The molecule has 1 aromatic carbocycles. The van der Waals surface area contributed by atoms with E-state index in [1.54, 1.807) is 10.9 Å². The van der Waals surface area contributed by atoms with Gasteiger partial charge in [-0.05, 0) is 5.56 Å². The maximum absolute atomic E-state index is 12.0. The standard InChI is InChI=1S/C15H18N4O2/c20-15(14-11-21-7-6-16-14)18-13-8-17-19(10-13)9-12-4-2-1-3-5-12/h1-5,8,10,14,16H,6-7,9,11H2,(H,18,20). The normalized spacial score (nSPS) is 18.4. The van der Waals surface area contributed by atoms with E-state index >= 15 is 0 Å². The molecule has 0 saturated carbocycles. The lowest BCUT2D eigenvalue weighted by atomic mass is 10.2. The zero-order valence-corrected chi connectivity index (χ0v) is 11.7. The van der Waals surface area contributed by atoms with Crippen molar-refractivity contribution >= 4 is 11.6 Å².